The van der Waals surface area contributed by atoms with E-state index in [1.807, 2.05) is 17.0 Å². The number of carbonyl (C=O) groups is 1. The number of fused-ring (bicyclic) bond motifs is 1. The van der Waals surface area contributed by atoms with Crippen LogP contribution in [-0.2, 0) is 5.41 Å². The zero-order valence-corrected chi connectivity index (χ0v) is 15.4. The highest BCUT2D eigenvalue weighted by Crippen LogP contribution is 2.46. The van der Waals surface area contributed by atoms with Crippen molar-refractivity contribution in [2.24, 2.45) is 5.92 Å². The highest BCUT2D eigenvalue weighted by molar-refractivity contribution is 5.90. The summed E-state index contributed by atoms with van der Waals surface area (Å²) >= 11 is 0. The minimum Gasteiger partial charge on any atom is -0.340 e. The van der Waals surface area contributed by atoms with Gasteiger partial charge in [0.05, 0.1) is 0 Å². The van der Waals surface area contributed by atoms with Gasteiger partial charge >= 0.3 is 0 Å². The van der Waals surface area contributed by atoms with Crippen LogP contribution in [0.3, 0.4) is 0 Å². The van der Waals surface area contributed by atoms with Crippen LogP contribution in [0.2, 0.25) is 0 Å². The molecule has 2 saturated heterocycles. The van der Waals surface area contributed by atoms with Crippen LogP contribution >= 0.6 is 0 Å². The first kappa shape index (κ1) is 16.9. The second-order valence-electron chi connectivity index (χ2n) is 7.48. The minimum absolute atomic E-state index is 0.0152. The van der Waals surface area contributed by atoms with E-state index in [-0.39, 0.29) is 11.3 Å². The number of benzene rings is 1. The third-order valence-electron chi connectivity index (χ3n) is 6.05. The third-order valence-corrected chi connectivity index (χ3v) is 6.05. The molecule has 142 valence electrons. The van der Waals surface area contributed by atoms with Crippen LogP contribution in [-0.4, -0.2) is 62.1 Å². The van der Waals surface area contributed by atoms with Gasteiger partial charge in [-0.05, 0) is 18.1 Å². The van der Waals surface area contributed by atoms with Crippen LogP contribution in [0.1, 0.15) is 22.6 Å². The molecule has 0 spiro atoms. The van der Waals surface area contributed by atoms with Crippen molar-refractivity contribution >= 4 is 11.9 Å². The smallest absolute Gasteiger partial charge is 0.291 e. The van der Waals surface area contributed by atoms with Gasteiger partial charge in [-0.1, -0.05) is 30.3 Å². The molecule has 3 aromatic rings. The van der Waals surface area contributed by atoms with Crippen molar-refractivity contribution in [3.05, 3.63) is 66.5 Å². The van der Waals surface area contributed by atoms with Crippen LogP contribution < -0.4 is 4.90 Å². The molecule has 0 radical (unpaired) electrons. The van der Waals surface area contributed by atoms with Gasteiger partial charge in [-0.15, -0.1) is 0 Å². The zero-order valence-electron chi connectivity index (χ0n) is 15.4. The van der Waals surface area contributed by atoms with Crippen molar-refractivity contribution in [3.8, 4) is 0 Å². The Kier molecular flexibility index (Phi) is 4.03. The topological polar surface area (TPSA) is 90.9 Å². The first-order valence-corrected chi connectivity index (χ1v) is 9.48. The van der Waals surface area contributed by atoms with Crippen molar-refractivity contribution in [3.63, 3.8) is 0 Å². The Morgan fingerprint density at radius 1 is 1.07 bits per heavy atom. The highest BCUT2D eigenvalue weighted by Gasteiger charge is 2.51. The number of nitrogens with zero attached hydrogens (tertiary/aromatic N) is 6. The summed E-state index contributed by atoms with van der Waals surface area (Å²) < 4.78 is 0. The van der Waals surface area contributed by atoms with E-state index in [2.05, 4.69) is 54.3 Å². The van der Waals surface area contributed by atoms with Gasteiger partial charge in [0.15, 0.2) is 0 Å². The summed E-state index contributed by atoms with van der Waals surface area (Å²) in [5.74, 6) is 1.25. The maximum Gasteiger partial charge on any atom is 0.291 e. The molecule has 2 aliphatic rings. The Morgan fingerprint density at radius 3 is 2.64 bits per heavy atom. The second-order valence-corrected chi connectivity index (χ2v) is 7.48. The van der Waals surface area contributed by atoms with Crippen LogP contribution in [0.5, 0.6) is 0 Å². The van der Waals surface area contributed by atoms with Crippen LogP contribution in [0, 0.1) is 5.92 Å². The number of piperidine rings is 1. The summed E-state index contributed by atoms with van der Waals surface area (Å²) in [5.41, 5.74) is 1.31. The van der Waals surface area contributed by atoms with E-state index in [4.69, 9.17) is 0 Å². The molecule has 2 aliphatic heterocycles. The Bertz CT molecular complexity index is 947. The summed E-state index contributed by atoms with van der Waals surface area (Å²) in [7, 11) is 0. The van der Waals surface area contributed by atoms with Gasteiger partial charge < -0.3 is 9.80 Å². The van der Waals surface area contributed by atoms with Gasteiger partial charge in [0, 0.05) is 49.9 Å². The number of hydrogen-bond donors (Lipinski definition) is 1. The SMILES string of the molecule is O=C(c1ncn[nH]1)N1CCC2(c3ccccc3)CN(c3ncccn3)CC2C1. The van der Waals surface area contributed by atoms with E-state index in [9.17, 15) is 4.79 Å². The van der Waals surface area contributed by atoms with Crippen molar-refractivity contribution in [1.82, 2.24) is 30.0 Å². The number of amides is 1. The molecule has 28 heavy (non-hydrogen) atoms. The molecule has 8 heteroatoms. The molecule has 2 aromatic heterocycles. The van der Waals surface area contributed by atoms with Gasteiger partial charge in [-0.3, -0.25) is 9.89 Å². The van der Waals surface area contributed by atoms with Crippen molar-refractivity contribution in [1.29, 1.82) is 0 Å². The fraction of sp³-hybridized carbons (Fsp3) is 0.350. The monoisotopic (exact) mass is 375 g/mol. The van der Waals surface area contributed by atoms with Crippen molar-refractivity contribution in [2.45, 2.75) is 11.8 Å². The lowest BCUT2D eigenvalue weighted by Gasteiger charge is -2.43. The first-order chi connectivity index (χ1) is 13.8. The Morgan fingerprint density at radius 2 is 1.89 bits per heavy atom. The predicted octanol–water partition coefficient (Wildman–Crippen LogP) is 1.51. The number of likely N-dealkylation sites (tertiary alicyclic amines) is 1. The van der Waals surface area contributed by atoms with Gasteiger partial charge in [-0.2, -0.15) is 5.10 Å². The van der Waals surface area contributed by atoms with E-state index < -0.39 is 0 Å². The van der Waals surface area contributed by atoms with Crippen LogP contribution in [0.15, 0.2) is 55.1 Å². The lowest BCUT2D eigenvalue weighted by atomic mass is 9.68. The lowest BCUT2D eigenvalue weighted by molar-refractivity contribution is 0.0591. The van der Waals surface area contributed by atoms with E-state index in [1.54, 1.807) is 12.4 Å². The molecule has 0 bridgehead atoms. The summed E-state index contributed by atoms with van der Waals surface area (Å²) in [6.45, 7) is 3.04. The van der Waals surface area contributed by atoms with E-state index in [0.717, 1.165) is 25.5 Å². The largest absolute Gasteiger partial charge is 0.340 e. The molecule has 1 aromatic carbocycles. The molecule has 1 N–H and O–H groups in total. The van der Waals surface area contributed by atoms with E-state index in [0.29, 0.717) is 24.8 Å². The molecule has 8 nitrogen and oxygen atoms in total. The van der Waals surface area contributed by atoms with E-state index >= 15 is 0 Å². The van der Waals surface area contributed by atoms with Gasteiger partial charge in [0.1, 0.15) is 6.33 Å². The third kappa shape index (κ3) is 2.72. The minimum atomic E-state index is -0.0893. The number of hydrogen-bond acceptors (Lipinski definition) is 6. The standard InChI is InChI=1S/C20H21N7O/c28-18(17-23-14-24-25-17)26-10-7-20(15-5-2-1-3-6-15)13-27(12-16(20)11-26)19-21-8-4-9-22-19/h1-6,8-9,14,16H,7,10-13H2,(H,23,24,25). The highest BCUT2D eigenvalue weighted by atomic mass is 16.2. The number of H-pyrrole nitrogens is 1. The molecule has 2 fully saturated rings. The molecule has 5 rings (SSSR count). The van der Waals surface area contributed by atoms with Gasteiger partial charge in [0.25, 0.3) is 5.91 Å². The number of nitrogens with one attached hydrogen (secondary N) is 1. The van der Waals surface area contributed by atoms with Gasteiger partial charge in [-0.25, -0.2) is 15.0 Å². The lowest BCUT2D eigenvalue weighted by Crippen LogP contribution is -2.51. The second kappa shape index (κ2) is 6.70. The van der Waals surface area contributed by atoms with Crippen LogP contribution in [0.4, 0.5) is 5.95 Å². The molecule has 0 aliphatic carbocycles. The summed E-state index contributed by atoms with van der Waals surface area (Å²) in [6.07, 6.45) is 5.82. The summed E-state index contributed by atoms with van der Waals surface area (Å²) in [6, 6.07) is 12.5. The average Bonchev–Trinajstić information content (AvgIpc) is 3.43. The molecular weight excluding hydrogens is 354 g/mol. The molecule has 2 unspecified atom stereocenters. The first-order valence-electron chi connectivity index (χ1n) is 9.48. The summed E-state index contributed by atoms with van der Waals surface area (Å²) in [5, 5.41) is 6.50. The normalized spacial score (nSPS) is 24.2. The number of aromatic nitrogens is 5. The number of rotatable bonds is 3. The maximum atomic E-state index is 12.8. The fourth-order valence-electron chi connectivity index (χ4n) is 4.67. The van der Waals surface area contributed by atoms with E-state index in [1.165, 1.54) is 11.9 Å². The number of carbonyl (C=O) groups excluding carboxylic acids is 1. The van der Waals surface area contributed by atoms with Gasteiger partial charge in [0.2, 0.25) is 11.8 Å². The number of anilines is 1. The molecular formula is C20H21N7O. The Hall–Kier alpha value is -3.29. The van der Waals surface area contributed by atoms with Crippen molar-refractivity contribution < 1.29 is 4.79 Å². The maximum absolute atomic E-state index is 12.8. The molecule has 4 heterocycles. The Balaban J connectivity index is 1.47. The fourth-order valence-corrected chi connectivity index (χ4v) is 4.67. The average molecular weight is 375 g/mol. The quantitative estimate of drug-likeness (QED) is 0.746. The summed E-state index contributed by atoms with van der Waals surface area (Å²) in [4.78, 5) is 29.9. The molecule has 0 saturated carbocycles. The zero-order chi connectivity index (χ0) is 19.0. The molecule has 2 atom stereocenters. The van der Waals surface area contributed by atoms with Crippen LogP contribution in [0.25, 0.3) is 0 Å². The van der Waals surface area contributed by atoms with Crippen molar-refractivity contribution in [2.75, 3.05) is 31.1 Å². The predicted molar refractivity (Wildman–Crippen MR) is 103 cm³/mol. The number of aromatic amines is 1. The molecule has 1 amide bonds. The Labute approximate surface area is 162 Å².